The van der Waals surface area contributed by atoms with Crippen molar-refractivity contribution >= 4 is 44.9 Å². The maximum atomic E-state index is 12.7. The van der Waals surface area contributed by atoms with Gasteiger partial charge in [-0.1, -0.05) is 77.7 Å². The van der Waals surface area contributed by atoms with Crippen molar-refractivity contribution in [2.24, 2.45) is 0 Å². The highest BCUT2D eigenvalue weighted by Gasteiger charge is 2.17. The van der Waals surface area contributed by atoms with Crippen LogP contribution in [-0.2, 0) is 24.3 Å². The molecule has 0 unspecified atom stereocenters. The van der Waals surface area contributed by atoms with Crippen LogP contribution in [0.25, 0.3) is 10.2 Å². The topological polar surface area (TPSA) is 81.8 Å². The van der Waals surface area contributed by atoms with Crippen LogP contribution in [0.5, 0.6) is 0 Å². The summed E-state index contributed by atoms with van der Waals surface area (Å²) in [6.07, 6.45) is 0.786. The quantitative estimate of drug-likeness (QED) is 0.280. The van der Waals surface area contributed by atoms with E-state index in [1.54, 1.807) is 4.57 Å². The van der Waals surface area contributed by atoms with E-state index < -0.39 is 0 Å². The van der Waals surface area contributed by atoms with Crippen LogP contribution in [0.15, 0.2) is 88.8 Å². The first kappa shape index (κ1) is 24.0. The normalized spacial score (nSPS) is 11.1. The molecule has 3 aromatic carbocycles. The maximum Gasteiger partial charge on any atom is 0.308 e. The number of nitrogens with one attached hydrogen (secondary N) is 1. The highest BCUT2D eigenvalue weighted by Crippen LogP contribution is 2.22. The maximum absolute atomic E-state index is 12.7. The number of fused-ring (bicyclic) bond motifs is 1. The van der Waals surface area contributed by atoms with Gasteiger partial charge in [-0.05, 0) is 48.7 Å². The van der Waals surface area contributed by atoms with Gasteiger partial charge in [-0.25, -0.2) is 0 Å². The number of anilines is 1. The van der Waals surface area contributed by atoms with Crippen LogP contribution in [0.4, 0.5) is 5.69 Å². The fraction of sp³-hybridized carbons (Fsp3) is 0.185. The number of carbonyl (C=O) groups excluding carboxylic acids is 1. The molecule has 1 N–H and O–H groups in total. The summed E-state index contributed by atoms with van der Waals surface area (Å²) >= 11 is 2.58. The van der Waals surface area contributed by atoms with E-state index in [2.05, 4.69) is 27.6 Å². The standard InChI is InChI=1S/C27H25N5O2S2/c1-19-8-7-11-21(16-19)28-25(33)18-35-26-30-29-24(31(26)15-14-20-9-3-2-4-10-20)17-32-22-12-5-6-13-23(22)36-27(32)34/h2-13,16H,14-15,17-18H2,1H3,(H,28,33). The van der Waals surface area contributed by atoms with Crippen LogP contribution < -0.4 is 10.2 Å². The lowest BCUT2D eigenvalue weighted by molar-refractivity contribution is -0.113. The molecule has 0 atom stereocenters. The minimum Gasteiger partial charge on any atom is -0.325 e. The molecule has 2 aromatic heterocycles. The molecule has 5 aromatic rings. The van der Waals surface area contributed by atoms with Crippen LogP contribution >= 0.6 is 23.1 Å². The van der Waals surface area contributed by atoms with Crippen molar-refractivity contribution in [3.63, 3.8) is 0 Å². The largest absolute Gasteiger partial charge is 0.325 e. The van der Waals surface area contributed by atoms with Gasteiger partial charge in [0.05, 0.1) is 22.5 Å². The van der Waals surface area contributed by atoms with Gasteiger partial charge in [-0.15, -0.1) is 10.2 Å². The fourth-order valence-corrected chi connectivity index (χ4v) is 5.68. The van der Waals surface area contributed by atoms with E-state index in [0.29, 0.717) is 24.1 Å². The van der Waals surface area contributed by atoms with Crippen LogP contribution in [-0.4, -0.2) is 31.0 Å². The Kier molecular flexibility index (Phi) is 7.29. The molecule has 0 aliphatic heterocycles. The van der Waals surface area contributed by atoms with E-state index in [0.717, 1.165) is 27.9 Å². The van der Waals surface area contributed by atoms with Gasteiger partial charge in [0.2, 0.25) is 5.91 Å². The Bertz CT molecular complexity index is 1560. The van der Waals surface area contributed by atoms with Crippen LogP contribution in [0, 0.1) is 6.92 Å². The number of thiazole rings is 1. The molecule has 36 heavy (non-hydrogen) atoms. The van der Waals surface area contributed by atoms with Crippen LogP contribution in [0.3, 0.4) is 0 Å². The molecule has 7 nitrogen and oxygen atoms in total. The predicted octanol–water partition coefficient (Wildman–Crippen LogP) is 4.98. The van der Waals surface area contributed by atoms with Gasteiger partial charge >= 0.3 is 4.87 Å². The van der Waals surface area contributed by atoms with Gasteiger partial charge < -0.3 is 9.88 Å². The summed E-state index contributed by atoms with van der Waals surface area (Å²) in [5.74, 6) is 0.793. The minimum atomic E-state index is -0.107. The van der Waals surface area contributed by atoms with Gasteiger partial charge in [0.15, 0.2) is 11.0 Å². The lowest BCUT2D eigenvalue weighted by Gasteiger charge is -2.11. The molecule has 0 saturated carbocycles. The lowest BCUT2D eigenvalue weighted by Crippen LogP contribution is -2.18. The third-order valence-electron chi connectivity index (χ3n) is 5.77. The Balaban J connectivity index is 1.37. The van der Waals surface area contributed by atoms with Crippen molar-refractivity contribution in [1.29, 1.82) is 0 Å². The summed E-state index contributed by atoms with van der Waals surface area (Å²) in [5, 5.41) is 12.4. The fourth-order valence-electron chi connectivity index (χ4n) is 4.01. The molecule has 182 valence electrons. The second kappa shape index (κ2) is 10.9. The average molecular weight is 516 g/mol. The Morgan fingerprint density at radius 3 is 2.61 bits per heavy atom. The second-order valence-corrected chi connectivity index (χ2v) is 10.3. The van der Waals surface area contributed by atoms with Crippen LogP contribution in [0.2, 0.25) is 0 Å². The van der Waals surface area contributed by atoms with Gasteiger partial charge in [-0.3, -0.25) is 14.2 Å². The Labute approximate surface area is 216 Å². The molecule has 0 aliphatic carbocycles. The van der Waals surface area contributed by atoms with E-state index in [4.69, 9.17) is 0 Å². The molecule has 0 radical (unpaired) electrons. The number of hydrogen-bond donors (Lipinski definition) is 1. The zero-order chi connectivity index (χ0) is 24.9. The third kappa shape index (κ3) is 5.58. The summed E-state index contributed by atoms with van der Waals surface area (Å²) in [6.45, 7) is 2.95. The number of amides is 1. The number of hydrogen-bond acceptors (Lipinski definition) is 6. The van der Waals surface area contributed by atoms with Crippen molar-refractivity contribution in [3.05, 3.63) is 105 Å². The number of aromatic nitrogens is 4. The van der Waals surface area contributed by atoms with Gasteiger partial charge in [0.1, 0.15) is 0 Å². The van der Waals surface area contributed by atoms with E-state index >= 15 is 0 Å². The summed E-state index contributed by atoms with van der Waals surface area (Å²) in [6, 6.07) is 25.7. The summed E-state index contributed by atoms with van der Waals surface area (Å²) in [5.41, 5.74) is 3.94. The molecule has 9 heteroatoms. The van der Waals surface area contributed by atoms with Gasteiger partial charge in [-0.2, -0.15) is 0 Å². The third-order valence-corrected chi connectivity index (χ3v) is 7.69. The highest BCUT2D eigenvalue weighted by atomic mass is 32.2. The van der Waals surface area contributed by atoms with Crippen molar-refractivity contribution in [2.75, 3.05) is 11.1 Å². The Morgan fingerprint density at radius 1 is 0.972 bits per heavy atom. The SMILES string of the molecule is Cc1cccc(NC(=O)CSc2nnc(Cn3c(=O)sc4ccccc43)n2CCc2ccccc2)c1. The molecular weight excluding hydrogens is 490 g/mol. The summed E-state index contributed by atoms with van der Waals surface area (Å²) < 4.78 is 4.71. The number of carbonyl (C=O) groups is 1. The van der Waals surface area contributed by atoms with E-state index in [-0.39, 0.29) is 16.5 Å². The average Bonchev–Trinajstić information content (AvgIpc) is 3.42. The molecule has 2 heterocycles. The number of benzene rings is 3. The first-order chi connectivity index (χ1) is 17.6. The van der Waals surface area contributed by atoms with E-state index in [9.17, 15) is 9.59 Å². The van der Waals surface area contributed by atoms with Crippen molar-refractivity contribution < 1.29 is 4.79 Å². The van der Waals surface area contributed by atoms with E-state index in [1.165, 1.54) is 28.7 Å². The van der Waals surface area contributed by atoms with E-state index in [1.807, 2.05) is 78.2 Å². The Hall–Kier alpha value is -3.69. The zero-order valence-corrected chi connectivity index (χ0v) is 21.4. The number of rotatable bonds is 9. The summed E-state index contributed by atoms with van der Waals surface area (Å²) in [7, 11) is 0. The molecule has 0 spiro atoms. The van der Waals surface area contributed by atoms with Crippen molar-refractivity contribution in [1.82, 2.24) is 19.3 Å². The number of para-hydroxylation sites is 1. The second-order valence-electron chi connectivity index (χ2n) is 8.41. The number of thioether (sulfide) groups is 1. The molecule has 0 saturated heterocycles. The lowest BCUT2D eigenvalue weighted by atomic mass is 10.1. The highest BCUT2D eigenvalue weighted by molar-refractivity contribution is 7.99. The minimum absolute atomic E-state index is 0.0273. The zero-order valence-electron chi connectivity index (χ0n) is 19.8. The van der Waals surface area contributed by atoms with Crippen molar-refractivity contribution in [2.45, 2.75) is 31.6 Å². The van der Waals surface area contributed by atoms with Crippen LogP contribution in [0.1, 0.15) is 17.0 Å². The first-order valence-electron chi connectivity index (χ1n) is 11.6. The smallest absolute Gasteiger partial charge is 0.308 e. The monoisotopic (exact) mass is 515 g/mol. The van der Waals surface area contributed by atoms with Crippen molar-refractivity contribution in [3.8, 4) is 0 Å². The molecule has 1 amide bonds. The number of aryl methyl sites for hydroxylation is 2. The molecule has 0 fully saturated rings. The van der Waals surface area contributed by atoms with Gasteiger partial charge in [0.25, 0.3) is 0 Å². The Morgan fingerprint density at radius 2 is 1.78 bits per heavy atom. The molecule has 0 aliphatic rings. The first-order valence-corrected chi connectivity index (χ1v) is 13.4. The van der Waals surface area contributed by atoms with Gasteiger partial charge in [0, 0.05) is 12.2 Å². The molecule has 5 rings (SSSR count). The molecule has 0 bridgehead atoms. The summed E-state index contributed by atoms with van der Waals surface area (Å²) in [4.78, 5) is 25.3. The molecular formula is C27H25N5O2S2. The number of nitrogens with zero attached hydrogens (tertiary/aromatic N) is 4. The predicted molar refractivity (Wildman–Crippen MR) is 146 cm³/mol.